The predicted octanol–water partition coefficient (Wildman–Crippen LogP) is 4.06. The molecule has 21 heavy (non-hydrogen) atoms. The lowest BCUT2D eigenvalue weighted by Crippen LogP contribution is -2.06. The lowest BCUT2D eigenvalue weighted by molar-refractivity contribution is -0.114. The molecule has 0 unspecified atom stereocenters. The van der Waals surface area contributed by atoms with Gasteiger partial charge in [0.05, 0.1) is 11.4 Å². The zero-order valence-corrected chi connectivity index (χ0v) is 13.6. The van der Waals surface area contributed by atoms with Gasteiger partial charge in [-0.15, -0.1) is 23.1 Å². The molecule has 0 radical (unpaired) electrons. The maximum atomic E-state index is 11.3. The maximum absolute atomic E-state index is 11.3. The van der Waals surface area contributed by atoms with Crippen molar-refractivity contribution in [2.45, 2.75) is 30.7 Å². The summed E-state index contributed by atoms with van der Waals surface area (Å²) in [5.74, 6) is -0.0585. The molecule has 110 valence electrons. The van der Waals surface area contributed by atoms with Crippen LogP contribution >= 0.6 is 23.1 Å². The minimum Gasteiger partial charge on any atom is -0.359 e. The van der Waals surface area contributed by atoms with Crippen molar-refractivity contribution in [3.8, 4) is 11.3 Å². The van der Waals surface area contributed by atoms with Gasteiger partial charge >= 0.3 is 0 Å². The van der Waals surface area contributed by atoms with Crippen LogP contribution in [-0.2, 0) is 4.79 Å². The van der Waals surface area contributed by atoms with E-state index in [4.69, 9.17) is 0 Å². The molecular formula is C15H17N3OS2. The van der Waals surface area contributed by atoms with E-state index < -0.39 is 0 Å². The fourth-order valence-corrected chi connectivity index (χ4v) is 3.36. The summed E-state index contributed by atoms with van der Waals surface area (Å²) in [4.78, 5) is 17.0. The first-order valence-electron chi connectivity index (χ1n) is 6.84. The first kappa shape index (κ1) is 14.4. The van der Waals surface area contributed by atoms with Crippen molar-refractivity contribution < 1.29 is 4.79 Å². The standard InChI is InChI=1S/C15H17N3OS2/c1-9(19)16-12-7-10(3-6-14(12)20-2)13-8-21-15(18-13)17-11-4-5-11/h3,6-8,11H,4-5H2,1-2H3,(H,16,19)(H,17,18). The molecule has 1 amide bonds. The van der Waals surface area contributed by atoms with Crippen LogP contribution in [0.2, 0.25) is 0 Å². The van der Waals surface area contributed by atoms with E-state index in [2.05, 4.69) is 21.0 Å². The Morgan fingerprint density at radius 1 is 1.43 bits per heavy atom. The summed E-state index contributed by atoms with van der Waals surface area (Å²) in [5, 5.41) is 9.32. The number of carbonyl (C=O) groups excluding carboxylic acids is 1. The van der Waals surface area contributed by atoms with Gasteiger partial charge in [-0.2, -0.15) is 0 Å². The number of nitrogens with one attached hydrogen (secondary N) is 2. The number of thioether (sulfide) groups is 1. The molecule has 1 heterocycles. The van der Waals surface area contributed by atoms with Gasteiger partial charge in [-0.05, 0) is 31.2 Å². The van der Waals surface area contributed by atoms with Crippen LogP contribution in [0.4, 0.5) is 10.8 Å². The molecule has 0 aliphatic heterocycles. The van der Waals surface area contributed by atoms with Gasteiger partial charge in [0.25, 0.3) is 0 Å². The number of anilines is 2. The van der Waals surface area contributed by atoms with Crippen molar-refractivity contribution in [1.29, 1.82) is 0 Å². The molecule has 1 fully saturated rings. The minimum absolute atomic E-state index is 0.0585. The van der Waals surface area contributed by atoms with Gasteiger partial charge in [0.2, 0.25) is 5.91 Å². The largest absolute Gasteiger partial charge is 0.359 e. The molecule has 1 aliphatic rings. The number of thiazole rings is 1. The highest BCUT2D eigenvalue weighted by molar-refractivity contribution is 7.98. The summed E-state index contributed by atoms with van der Waals surface area (Å²) in [6, 6.07) is 6.67. The van der Waals surface area contributed by atoms with E-state index in [1.165, 1.54) is 19.8 Å². The van der Waals surface area contributed by atoms with Crippen LogP contribution in [0, 0.1) is 0 Å². The molecule has 1 saturated carbocycles. The van der Waals surface area contributed by atoms with Crippen LogP contribution in [0.15, 0.2) is 28.5 Å². The van der Waals surface area contributed by atoms with Gasteiger partial charge in [0, 0.05) is 28.8 Å². The van der Waals surface area contributed by atoms with E-state index in [9.17, 15) is 4.79 Å². The highest BCUT2D eigenvalue weighted by Gasteiger charge is 2.22. The van der Waals surface area contributed by atoms with E-state index in [1.54, 1.807) is 23.1 Å². The number of benzene rings is 1. The number of hydrogen-bond donors (Lipinski definition) is 2. The fourth-order valence-electron chi connectivity index (χ4n) is 2.03. The van der Waals surface area contributed by atoms with Gasteiger partial charge in [-0.1, -0.05) is 6.07 Å². The molecular weight excluding hydrogens is 302 g/mol. The SMILES string of the molecule is CSc1ccc(-c2csc(NC3CC3)n2)cc1NC(C)=O. The average Bonchev–Trinajstić information content (AvgIpc) is 3.13. The maximum Gasteiger partial charge on any atom is 0.221 e. The van der Waals surface area contributed by atoms with Crippen LogP contribution in [0.1, 0.15) is 19.8 Å². The lowest BCUT2D eigenvalue weighted by Gasteiger charge is -2.09. The molecule has 4 nitrogen and oxygen atoms in total. The molecule has 0 saturated heterocycles. The first-order chi connectivity index (χ1) is 10.2. The summed E-state index contributed by atoms with van der Waals surface area (Å²) >= 11 is 3.25. The summed E-state index contributed by atoms with van der Waals surface area (Å²) < 4.78 is 0. The summed E-state index contributed by atoms with van der Waals surface area (Å²) in [6.45, 7) is 1.53. The third kappa shape index (κ3) is 3.57. The zero-order chi connectivity index (χ0) is 14.8. The van der Waals surface area contributed by atoms with E-state index in [1.807, 2.05) is 24.5 Å². The van der Waals surface area contributed by atoms with Crippen molar-refractivity contribution >= 4 is 39.8 Å². The normalized spacial score (nSPS) is 14.0. The van der Waals surface area contributed by atoms with Crippen LogP contribution in [-0.4, -0.2) is 23.2 Å². The summed E-state index contributed by atoms with van der Waals surface area (Å²) in [7, 11) is 0. The van der Waals surface area contributed by atoms with Crippen molar-refractivity contribution in [3.05, 3.63) is 23.6 Å². The Balaban J connectivity index is 1.86. The Kier molecular flexibility index (Phi) is 4.17. The average molecular weight is 319 g/mol. The molecule has 6 heteroatoms. The molecule has 1 aromatic carbocycles. The Bertz CT molecular complexity index is 665. The smallest absolute Gasteiger partial charge is 0.221 e. The van der Waals surface area contributed by atoms with E-state index in [0.29, 0.717) is 6.04 Å². The number of amides is 1. The van der Waals surface area contributed by atoms with Crippen LogP contribution < -0.4 is 10.6 Å². The van der Waals surface area contributed by atoms with Gasteiger partial charge in [-0.25, -0.2) is 4.98 Å². The molecule has 0 atom stereocenters. The lowest BCUT2D eigenvalue weighted by atomic mass is 10.1. The van der Waals surface area contributed by atoms with E-state index >= 15 is 0 Å². The van der Waals surface area contributed by atoms with Crippen molar-refractivity contribution in [3.63, 3.8) is 0 Å². The summed E-state index contributed by atoms with van der Waals surface area (Å²) in [6.07, 6.45) is 4.48. The first-order valence-corrected chi connectivity index (χ1v) is 8.94. The molecule has 2 aromatic rings. The number of carbonyl (C=O) groups is 1. The van der Waals surface area contributed by atoms with Gasteiger partial charge in [0.1, 0.15) is 0 Å². The monoisotopic (exact) mass is 319 g/mol. The summed E-state index contributed by atoms with van der Waals surface area (Å²) in [5.41, 5.74) is 2.82. The molecule has 0 bridgehead atoms. The Labute approximate surface area is 132 Å². The predicted molar refractivity (Wildman–Crippen MR) is 90.3 cm³/mol. The zero-order valence-electron chi connectivity index (χ0n) is 12.0. The Morgan fingerprint density at radius 3 is 2.90 bits per heavy atom. The van der Waals surface area contributed by atoms with Crippen molar-refractivity contribution in [1.82, 2.24) is 4.98 Å². The third-order valence-electron chi connectivity index (χ3n) is 3.22. The quantitative estimate of drug-likeness (QED) is 0.816. The van der Waals surface area contributed by atoms with E-state index in [-0.39, 0.29) is 5.91 Å². The molecule has 1 aromatic heterocycles. The number of aromatic nitrogens is 1. The van der Waals surface area contributed by atoms with Crippen molar-refractivity contribution in [2.75, 3.05) is 16.9 Å². The molecule has 2 N–H and O–H groups in total. The molecule has 3 rings (SSSR count). The topological polar surface area (TPSA) is 54.0 Å². The number of hydrogen-bond acceptors (Lipinski definition) is 5. The highest BCUT2D eigenvalue weighted by atomic mass is 32.2. The third-order valence-corrected chi connectivity index (χ3v) is 4.78. The number of nitrogens with zero attached hydrogens (tertiary/aromatic N) is 1. The molecule has 1 aliphatic carbocycles. The second-order valence-electron chi connectivity index (χ2n) is 5.05. The Morgan fingerprint density at radius 2 is 2.24 bits per heavy atom. The highest BCUT2D eigenvalue weighted by Crippen LogP contribution is 2.33. The molecule has 0 spiro atoms. The second-order valence-corrected chi connectivity index (χ2v) is 6.76. The van der Waals surface area contributed by atoms with Gasteiger partial charge in [0.15, 0.2) is 5.13 Å². The van der Waals surface area contributed by atoms with Crippen LogP contribution in [0.5, 0.6) is 0 Å². The van der Waals surface area contributed by atoms with Gasteiger partial charge < -0.3 is 10.6 Å². The Hall–Kier alpha value is -1.53. The van der Waals surface area contributed by atoms with Crippen molar-refractivity contribution in [2.24, 2.45) is 0 Å². The van der Waals surface area contributed by atoms with Gasteiger partial charge in [-0.3, -0.25) is 4.79 Å². The van der Waals surface area contributed by atoms with Crippen LogP contribution in [0.25, 0.3) is 11.3 Å². The van der Waals surface area contributed by atoms with E-state index in [0.717, 1.165) is 27.0 Å². The minimum atomic E-state index is -0.0585. The van der Waals surface area contributed by atoms with Crippen LogP contribution in [0.3, 0.4) is 0 Å². The number of rotatable bonds is 5. The fraction of sp³-hybridized carbons (Fsp3) is 0.333. The second kappa shape index (κ2) is 6.07.